The van der Waals surface area contributed by atoms with Crippen molar-refractivity contribution in [2.24, 2.45) is 0 Å². The molecule has 0 spiro atoms. The lowest BCUT2D eigenvalue weighted by molar-refractivity contribution is -0.140. The molecule has 1 saturated heterocycles. The Labute approximate surface area is 156 Å². The molecule has 1 aliphatic heterocycles. The van der Waals surface area contributed by atoms with Crippen LogP contribution >= 0.6 is 0 Å². The first-order chi connectivity index (χ1) is 13.2. The highest BCUT2D eigenvalue weighted by molar-refractivity contribution is 5.85. The Bertz CT molecular complexity index is 830. The summed E-state index contributed by atoms with van der Waals surface area (Å²) in [7, 11) is 1.64. The number of nitrogens with zero attached hydrogens (tertiary/aromatic N) is 6. The molecule has 0 saturated carbocycles. The van der Waals surface area contributed by atoms with Crippen LogP contribution in [0, 0.1) is 0 Å². The monoisotopic (exact) mass is 370 g/mol. The van der Waals surface area contributed by atoms with Gasteiger partial charge in [-0.25, -0.2) is 4.68 Å². The summed E-state index contributed by atoms with van der Waals surface area (Å²) >= 11 is 0. The molecule has 2 aliphatic rings. The predicted molar refractivity (Wildman–Crippen MR) is 95.0 cm³/mol. The minimum Gasteiger partial charge on any atom is -0.497 e. The highest BCUT2D eigenvalue weighted by Gasteiger charge is 2.34. The zero-order chi connectivity index (χ0) is 18.8. The first kappa shape index (κ1) is 17.4. The largest absolute Gasteiger partial charge is 0.497 e. The van der Waals surface area contributed by atoms with Crippen molar-refractivity contribution in [1.29, 1.82) is 0 Å². The summed E-state index contributed by atoms with van der Waals surface area (Å²) in [4.78, 5) is 29.0. The molecule has 2 aromatic rings. The first-order valence-corrected chi connectivity index (χ1v) is 9.10. The number of rotatable bonds is 4. The van der Waals surface area contributed by atoms with E-state index in [4.69, 9.17) is 4.74 Å². The number of methoxy groups -OCH3 is 1. The van der Waals surface area contributed by atoms with Crippen molar-refractivity contribution in [2.45, 2.75) is 25.3 Å². The Morgan fingerprint density at radius 2 is 1.96 bits per heavy atom. The Morgan fingerprint density at radius 1 is 1.19 bits per heavy atom. The van der Waals surface area contributed by atoms with Gasteiger partial charge in [-0.15, -0.1) is 5.10 Å². The van der Waals surface area contributed by atoms with Crippen LogP contribution in [0.2, 0.25) is 0 Å². The van der Waals surface area contributed by atoms with Gasteiger partial charge >= 0.3 is 0 Å². The van der Waals surface area contributed by atoms with Crippen LogP contribution in [0.1, 0.15) is 23.5 Å². The molecule has 1 unspecified atom stereocenters. The number of ether oxygens (including phenoxy) is 1. The Kier molecular flexibility index (Phi) is 4.74. The second kappa shape index (κ2) is 7.34. The number of piperazine rings is 1. The fourth-order valence-electron chi connectivity index (χ4n) is 3.85. The number of carbonyl (C=O) groups is 2. The minimum atomic E-state index is -0.112. The Balaban J connectivity index is 1.36. The molecule has 9 nitrogen and oxygen atoms in total. The van der Waals surface area contributed by atoms with Crippen molar-refractivity contribution < 1.29 is 14.3 Å². The van der Waals surface area contributed by atoms with E-state index in [0.717, 1.165) is 24.2 Å². The highest BCUT2D eigenvalue weighted by atomic mass is 16.5. The van der Waals surface area contributed by atoms with E-state index in [9.17, 15) is 9.59 Å². The Morgan fingerprint density at radius 3 is 2.67 bits per heavy atom. The summed E-state index contributed by atoms with van der Waals surface area (Å²) in [5.41, 5.74) is 2.31. The number of tetrazole rings is 1. The van der Waals surface area contributed by atoms with Crippen LogP contribution in [0.3, 0.4) is 0 Å². The van der Waals surface area contributed by atoms with Crippen LogP contribution in [-0.4, -0.2) is 75.1 Å². The van der Waals surface area contributed by atoms with Crippen molar-refractivity contribution in [3.63, 3.8) is 0 Å². The van der Waals surface area contributed by atoms with Gasteiger partial charge in [-0.2, -0.15) is 0 Å². The molecule has 1 aromatic heterocycles. The molecule has 142 valence electrons. The molecule has 2 heterocycles. The van der Waals surface area contributed by atoms with Gasteiger partial charge in [0.25, 0.3) is 0 Å². The van der Waals surface area contributed by atoms with Gasteiger partial charge in [0.15, 0.2) is 0 Å². The minimum absolute atomic E-state index is 0.0367. The van der Waals surface area contributed by atoms with Crippen molar-refractivity contribution >= 4 is 11.8 Å². The maximum absolute atomic E-state index is 13.0. The molecule has 1 aliphatic carbocycles. The number of hydrogen-bond donors (Lipinski definition) is 0. The van der Waals surface area contributed by atoms with Crippen LogP contribution in [0.5, 0.6) is 5.75 Å². The van der Waals surface area contributed by atoms with Gasteiger partial charge in [0.2, 0.25) is 11.8 Å². The van der Waals surface area contributed by atoms with E-state index < -0.39 is 0 Å². The predicted octanol–water partition coefficient (Wildman–Crippen LogP) is 0.0825. The van der Waals surface area contributed by atoms with Crippen molar-refractivity contribution in [1.82, 2.24) is 30.0 Å². The quantitative estimate of drug-likeness (QED) is 0.757. The highest BCUT2D eigenvalue weighted by Crippen LogP contribution is 2.36. The normalized spacial score (nSPS) is 19.1. The second-order valence-corrected chi connectivity index (χ2v) is 6.87. The zero-order valence-corrected chi connectivity index (χ0v) is 15.2. The van der Waals surface area contributed by atoms with Crippen LogP contribution in [0.25, 0.3) is 0 Å². The van der Waals surface area contributed by atoms with Crippen LogP contribution in [0.4, 0.5) is 0 Å². The van der Waals surface area contributed by atoms with Gasteiger partial charge < -0.3 is 14.5 Å². The van der Waals surface area contributed by atoms with E-state index >= 15 is 0 Å². The molecule has 1 aromatic carbocycles. The molecule has 9 heteroatoms. The number of carbonyl (C=O) groups excluding carboxylic acids is 2. The van der Waals surface area contributed by atoms with Crippen molar-refractivity contribution in [2.75, 3.05) is 33.3 Å². The number of amides is 2. The fraction of sp³-hybridized carbons (Fsp3) is 0.500. The van der Waals surface area contributed by atoms with Crippen molar-refractivity contribution in [3.05, 3.63) is 35.7 Å². The smallest absolute Gasteiger partial charge is 0.244 e. The third kappa shape index (κ3) is 3.49. The van der Waals surface area contributed by atoms with Gasteiger partial charge in [-0.1, -0.05) is 6.07 Å². The molecule has 2 amide bonds. The molecular formula is C18H22N6O3. The summed E-state index contributed by atoms with van der Waals surface area (Å²) < 4.78 is 6.72. The van der Waals surface area contributed by atoms with Crippen LogP contribution in [-0.2, 0) is 22.6 Å². The number of benzene rings is 1. The lowest BCUT2D eigenvalue weighted by Gasteiger charge is -2.36. The van der Waals surface area contributed by atoms with E-state index in [1.807, 2.05) is 17.0 Å². The average molecular weight is 370 g/mol. The summed E-state index contributed by atoms with van der Waals surface area (Å²) in [6.45, 7) is 2.29. The summed E-state index contributed by atoms with van der Waals surface area (Å²) in [6.07, 6.45) is 3.17. The maximum Gasteiger partial charge on any atom is 0.244 e. The second-order valence-electron chi connectivity index (χ2n) is 6.87. The molecule has 4 rings (SSSR count). The van der Waals surface area contributed by atoms with E-state index in [0.29, 0.717) is 26.2 Å². The third-order valence-electron chi connectivity index (χ3n) is 5.36. The van der Waals surface area contributed by atoms with E-state index in [-0.39, 0.29) is 24.3 Å². The Hall–Kier alpha value is -2.97. The average Bonchev–Trinajstić information content (AvgIpc) is 3.36. The molecule has 0 radical (unpaired) electrons. The standard InChI is InChI=1S/C18H22N6O3/c1-27-14-4-2-13-3-5-15(16(13)10-14)18(26)23-8-6-22(7-9-23)17(25)11-24-12-19-20-21-24/h2,4,10,12,15H,3,5-9,11H2,1H3. The molecule has 1 fully saturated rings. The van der Waals surface area contributed by atoms with Gasteiger partial charge in [0, 0.05) is 26.2 Å². The van der Waals surface area contributed by atoms with E-state index in [1.54, 1.807) is 12.0 Å². The fourth-order valence-corrected chi connectivity index (χ4v) is 3.85. The number of hydrogen-bond acceptors (Lipinski definition) is 6. The summed E-state index contributed by atoms with van der Waals surface area (Å²) in [6, 6.07) is 5.98. The summed E-state index contributed by atoms with van der Waals surface area (Å²) in [5.74, 6) is 0.782. The molecule has 27 heavy (non-hydrogen) atoms. The maximum atomic E-state index is 13.0. The van der Waals surface area contributed by atoms with Gasteiger partial charge in [0.05, 0.1) is 13.0 Å². The molecule has 0 N–H and O–H groups in total. The van der Waals surface area contributed by atoms with Crippen molar-refractivity contribution in [3.8, 4) is 5.75 Å². The topological polar surface area (TPSA) is 93.5 Å². The number of aromatic nitrogens is 4. The van der Waals surface area contributed by atoms with Gasteiger partial charge in [-0.05, 0) is 46.5 Å². The van der Waals surface area contributed by atoms with E-state index in [2.05, 4.69) is 21.6 Å². The van der Waals surface area contributed by atoms with E-state index in [1.165, 1.54) is 16.6 Å². The lowest BCUT2D eigenvalue weighted by Crippen LogP contribution is -2.52. The van der Waals surface area contributed by atoms with Crippen LogP contribution < -0.4 is 4.74 Å². The molecule has 1 atom stereocenters. The first-order valence-electron chi connectivity index (χ1n) is 9.10. The van der Waals surface area contributed by atoms with Crippen LogP contribution in [0.15, 0.2) is 24.5 Å². The summed E-state index contributed by atoms with van der Waals surface area (Å²) in [5, 5.41) is 10.8. The number of fused-ring (bicyclic) bond motifs is 1. The SMILES string of the molecule is COc1ccc2c(c1)C(C(=O)N1CCN(C(=O)Cn3cnnn3)CC1)CC2. The lowest BCUT2D eigenvalue weighted by atomic mass is 9.99. The van der Waals surface area contributed by atoms with Gasteiger partial charge in [-0.3, -0.25) is 9.59 Å². The number of aryl methyl sites for hydroxylation is 1. The molecule has 0 bridgehead atoms. The third-order valence-corrected chi connectivity index (χ3v) is 5.36. The van der Waals surface area contributed by atoms with Gasteiger partial charge in [0.1, 0.15) is 18.6 Å². The molecular weight excluding hydrogens is 348 g/mol. The zero-order valence-electron chi connectivity index (χ0n) is 15.2.